The molecule has 2 rings (SSSR count). The summed E-state index contributed by atoms with van der Waals surface area (Å²) in [5, 5.41) is 9.84. The predicted molar refractivity (Wildman–Crippen MR) is 63.1 cm³/mol. The van der Waals surface area contributed by atoms with Crippen LogP contribution in [0.4, 0.5) is 5.82 Å². The molecule has 0 spiro atoms. The molecule has 0 amide bonds. The molecule has 0 aromatic carbocycles. The first-order valence-corrected chi connectivity index (χ1v) is 5.05. The Kier molecular flexibility index (Phi) is 2.41. The Balaban J connectivity index is 3.07. The Hall–Kier alpha value is -1.86. The van der Waals surface area contributed by atoms with Crippen molar-refractivity contribution < 1.29 is 0 Å². The maximum atomic E-state index is 9.03. The number of anilines is 1. The van der Waals surface area contributed by atoms with Crippen molar-refractivity contribution in [3.05, 3.63) is 28.0 Å². The molecule has 2 heterocycles. The van der Waals surface area contributed by atoms with Gasteiger partial charge in [0.05, 0.1) is 5.52 Å². The van der Waals surface area contributed by atoms with Gasteiger partial charge >= 0.3 is 0 Å². The topological polar surface area (TPSA) is 75.6 Å². The van der Waals surface area contributed by atoms with Gasteiger partial charge in [0, 0.05) is 11.1 Å². The van der Waals surface area contributed by atoms with Gasteiger partial charge in [0.15, 0.2) is 5.15 Å². The quantitative estimate of drug-likeness (QED) is 0.708. The summed E-state index contributed by atoms with van der Waals surface area (Å²) >= 11 is 5.86. The zero-order valence-corrected chi connectivity index (χ0v) is 9.63. The summed E-state index contributed by atoms with van der Waals surface area (Å²) < 4.78 is 0. The number of nitrogen functional groups attached to an aromatic ring is 1. The van der Waals surface area contributed by atoms with Crippen molar-refractivity contribution in [2.45, 2.75) is 13.8 Å². The van der Waals surface area contributed by atoms with Gasteiger partial charge in [-0.15, -0.1) is 0 Å². The lowest BCUT2D eigenvalue weighted by atomic mass is 10.1. The van der Waals surface area contributed by atoms with Gasteiger partial charge < -0.3 is 5.73 Å². The van der Waals surface area contributed by atoms with Gasteiger partial charge in [-0.05, 0) is 25.5 Å². The van der Waals surface area contributed by atoms with E-state index in [1.165, 1.54) is 0 Å². The van der Waals surface area contributed by atoms with Crippen LogP contribution in [0.3, 0.4) is 0 Å². The maximum Gasteiger partial charge on any atom is 0.151 e. The van der Waals surface area contributed by atoms with E-state index in [-0.39, 0.29) is 10.7 Å². The van der Waals surface area contributed by atoms with Crippen molar-refractivity contribution >= 4 is 28.3 Å². The molecule has 2 aromatic heterocycles. The van der Waals surface area contributed by atoms with E-state index in [0.29, 0.717) is 16.7 Å². The van der Waals surface area contributed by atoms with Crippen molar-refractivity contribution in [1.29, 1.82) is 5.26 Å². The van der Waals surface area contributed by atoms with Crippen LogP contribution in [0, 0.1) is 25.2 Å². The number of nitrogens with two attached hydrogens (primary N) is 1. The second-order valence-corrected chi connectivity index (χ2v) is 3.94. The van der Waals surface area contributed by atoms with Gasteiger partial charge in [-0.3, -0.25) is 4.98 Å². The summed E-state index contributed by atoms with van der Waals surface area (Å²) in [4.78, 5) is 8.25. The summed E-state index contributed by atoms with van der Waals surface area (Å²) in [6.07, 6.45) is 0. The Bertz CT molecular complexity index is 620. The highest BCUT2D eigenvalue weighted by molar-refractivity contribution is 6.31. The van der Waals surface area contributed by atoms with Gasteiger partial charge in [0.2, 0.25) is 0 Å². The monoisotopic (exact) mass is 232 g/mol. The van der Waals surface area contributed by atoms with Crippen molar-refractivity contribution in [2.24, 2.45) is 0 Å². The molecule has 0 saturated heterocycles. The van der Waals surface area contributed by atoms with Gasteiger partial charge in [0.1, 0.15) is 17.5 Å². The lowest BCUT2D eigenvalue weighted by Gasteiger charge is -2.08. The molecule has 4 nitrogen and oxygen atoms in total. The Morgan fingerprint density at radius 3 is 2.69 bits per heavy atom. The number of hydrogen-bond donors (Lipinski definition) is 1. The molecule has 0 fully saturated rings. The minimum atomic E-state index is 0.102. The highest BCUT2D eigenvalue weighted by Crippen LogP contribution is 2.29. The molecule has 0 aliphatic rings. The summed E-state index contributed by atoms with van der Waals surface area (Å²) in [5.41, 5.74) is 8.36. The van der Waals surface area contributed by atoms with E-state index in [1.54, 1.807) is 0 Å². The van der Waals surface area contributed by atoms with E-state index >= 15 is 0 Å². The van der Waals surface area contributed by atoms with E-state index in [2.05, 4.69) is 9.97 Å². The van der Waals surface area contributed by atoms with Crippen molar-refractivity contribution in [3.63, 3.8) is 0 Å². The molecule has 5 heteroatoms. The molecule has 16 heavy (non-hydrogen) atoms. The van der Waals surface area contributed by atoms with Crippen LogP contribution in [-0.2, 0) is 0 Å². The van der Waals surface area contributed by atoms with Crippen LogP contribution in [0.1, 0.15) is 16.8 Å². The normalized spacial score (nSPS) is 10.4. The maximum absolute atomic E-state index is 9.03. The van der Waals surface area contributed by atoms with E-state index in [1.807, 2.05) is 26.0 Å². The predicted octanol–water partition coefficient (Wildman–Crippen LogP) is 2.35. The van der Waals surface area contributed by atoms with Crippen LogP contribution in [0.25, 0.3) is 10.9 Å². The third-order valence-corrected chi connectivity index (χ3v) is 2.65. The minimum Gasteiger partial charge on any atom is -0.383 e. The molecule has 0 radical (unpaired) electrons. The summed E-state index contributed by atoms with van der Waals surface area (Å²) in [7, 11) is 0. The molecule has 0 saturated carbocycles. The second kappa shape index (κ2) is 3.62. The molecule has 0 unspecified atom stereocenters. The van der Waals surface area contributed by atoms with Crippen molar-refractivity contribution in [3.8, 4) is 6.07 Å². The van der Waals surface area contributed by atoms with E-state index in [9.17, 15) is 0 Å². The number of fused-ring (bicyclic) bond motifs is 1. The first-order chi connectivity index (χ1) is 7.54. The zero-order valence-electron chi connectivity index (χ0n) is 8.87. The Morgan fingerprint density at radius 1 is 1.38 bits per heavy atom. The molecule has 2 aromatic rings. The Labute approximate surface area is 97.7 Å². The van der Waals surface area contributed by atoms with Gasteiger partial charge in [0.25, 0.3) is 0 Å². The standard InChI is InChI=1S/C11H9ClN4/c1-5-3-6(2)15-9-7(4-13)10(12)16-11(14)8(5)9/h3H,1-2H3,(H2,14,16). The zero-order chi connectivity index (χ0) is 11.9. The van der Waals surface area contributed by atoms with E-state index < -0.39 is 0 Å². The van der Waals surface area contributed by atoms with E-state index in [4.69, 9.17) is 22.6 Å². The van der Waals surface area contributed by atoms with Gasteiger partial charge in [-0.2, -0.15) is 5.26 Å². The SMILES string of the molecule is Cc1cc(C)c2c(N)nc(Cl)c(C#N)c2n1. The molecule has 0 aliphatic heterocycles. The summed E-state index contributed by atoms with van der Waals surface area (Å²) in [5.74, 6) is 0.309. The van der Waals surface area contributed by atoms with Crippen LogP contribution in [0.2, 0.25) is 5.15 Å². The third kappa shape index (κ3) is 1.46. The van der Waals surface area contributed by atoms with Crippen LogP contribution >= 0.6 is 11.6 Å². The lowest BCUT2D eigenvalue weighted by molar-refractivity contribution is 1.21. The highest BCUT2D eigenvalue weighted by atomic mass is 35.5. The van der Waals surface area contributed by atoms with Gasteiger partial charge in [-0.25, -0.2) is 4.98 Å². The van der Waals surface area contributed by atoms with Crippen molar-refractivity contribution in [1.82, 2.24) is 9.97 Å². The van der Waals surface area contributed by atoms with Crippen LogP contribution in [-0.4, -0.2) is 9.97 Å². The highest BCUT2D eigenvalue weighted by Gasteiger charge is 2.14. The number of halogens is 1. The first kappa shape index (κ1) is 10.7. The average molecular weight is 233 g/mol. The number of nitriles is 1. The molecular weight excluding hydrogens is 224 g/mol. The fourth-order valence-electron chi connectivity index (χ4n) is 1.76. The largest absolute Gasteiger partial charge is 0.383 e. The number of rotatable bonds is 0. The number of nitrogens with zero attached hydrogens (tertiary/aromatic N) is 3. The molecule has 80 valence electrons. The fourth-order valence-corrected chi connectivity index (χ4v) is 1.98. The van der Waals surface area contributed by atoms with Crippen LogP contribution in [0.5, 0.6) is 0 Å². The third-order valence-electron chi connectivity index (χ3n) is 2.37. The number of pyridine rings is 2. The molecule has 0 atom stereocenters. The molecule has 0 aliphatic carbocycles. The fraction of sp³-hybridized carbons (Fsp3) is 0.182. The molecule has 0 bridgehead atoms. The number of aryl methyl sites for hydroxylation is 2. The summed E-state index contributed by atoms with van der Waals surface area (Å²) in [6.45, 7) is 3.77. The van der Waals surface area contributed by atoms with Crippen molar-refractivity contribution in [2.75, 3.05) is 5.73 Å². The average Bonchev–Trinajstić information content (AvgIpc) is 2.15. The van der Waals surface area contributed by atoms with Crippen LogP contribution in [0.15, 0.2) is 6.07 Å². The minimum absolute atomic E-state index is 0.102. The van der Waals surface area contributed by atoms with Crippen LogP contribution < -0.4 is 5.73 Å². The smallest absolute Gasteiger partial charge is 0.151 e. The lowest BCUT2D eigenvalue weighted by Crippen LogP contribution is -2.00. The second-order valence-electron chi connectivity index (χ2n) is 3.58. The summed E-state index contributed by atoms with van der Waals surface area (Å²) in [6, 6.07) is 3.91. The molecule has 2 N–H and O–H groups in total. The number of aromatic nitrogens is 2. The molecular formula is C11H9ClN4. The number of hydrogen-bond acceptors (Lipinski definition) is 4. The Morgan fingerprint density at radius 2 is 2.06 bits per heavy atom. The first-order valence-electron chi connectivity index (χ1n) is 4.67. The van der Waals surface area contributed by atoms with E-state index in [0.717, 1.165) is 11.3 Å². The van der Waals surface area contributed by atoms with Gasteiger partial charge in [-0.1, -0.05) is 11.6 Å².